The van der Waals surface area contributed by atoms with Crippen LogP contribution in [0.2, 0.25) is 0 Å². The number of rotatable bonds is 6. The highest BCUT2D eigenvalue weighted by atomic mass is 19.1. The molecule has 0 radical (unpaired) electrons. The summed E-state index contributed by atoms with van der Waals surface area (Å²) in [6.07, 6.45) is 3.58. The molecule has 3 nitrogen and oxygen atoms in total. The Balaban J connectivity index is 1.56. The van der Waals surface area contributed by atoms with E-state index in [0.29, 0.717) is 19.4 Å². The summed E-state index contributed by atoms with van der Waals surface area (Å²) < 4.78 is 18.4. The fourth-order valence-corrected chi connectivity index (χ4v) is 2.72. The average molecular weight is 325 g/mol. The lowest BCUT2D eigenvalue weighted by molar-refractivity contribution is -0.120. The lowest BCUT2D eigenvalue weighted by Crippen LogP contribution is -2.27. The number of carbonyl (C=O) groups excluding carboxylic acids is 1. The van der Waals surface area contributed by atoms with Gasteiger partial charge in [0.1, 0.15) is 11.4 Å². The molecule has 0 bridgehead atoms. The quantitative estimate of drug-likeness (QED) is 0.743. The van der Waals surface area contributed by atoms with Crippen LogP contribution in [0, 0.1) is 5.82 Å². The van der Waals surface area contributed by atoms with Gasteiger partial charge in [-0.15, -0.1) is 0 Å². The van der Waals surface area contributed by atoms with Crippen molar-refractivity contribution in [2.24, 2.45) is 0 Å². The molecule has 0 aliphatic rings. The highest BCUT2D eigenvalue weighted by Gasteiger charge is 2.10. The maximum absolute atomic E-state index is 12.8. The molecular weight excluding hydrogens is 305 g/mol. The van der Waals surface area contributed by atoms with Crippen molar-refractivity contribution >= 4 is 16.9 Å². The molecule has 24 heavy (non-hydrogen) atoms. The van der Waals surface area contributed by atoms with Gasteiger partial charge in [0.05, 0.1) is 12.7 Å². The number of nitrogens with one attached hydrogen (secondary N) is 1. The van der Waals surface area contributed by atoms with E-state index in [1.165, 1.54) is 17.7 Å². The first-order chi connectivity index (χ1) is 11.7. The second-order valence-electron chi connectivity index (χ2n) is 5.85. The summed E-state index contributed by atoms with van der Waals surface area (Å²) in [5.74, 6) is -0.291. The van der Waals surface area contributed by atoms with Crippen LogP contribution in [0.1, 0.15) is 23.6 Å². The van der Waals surface area contributed by atoms with E-state index in [4.69, 9.17) is 4.42 Å². The summed E-state index contributed by atoms with van der Waals surface area (Å²) in [6, 6.07) is 12.4. The lowest BCUT2D eigenvalue weighted by Gasteiger charge is -2.05. The number of hydrogen-bond acceptors (Lipinski definition) is 2. The molecule has 3 aromatic rings. The van der Waals surface area contributed by atoms with Crippen LogP contribution in [0.25, 0.3) is 11.0 Å². The Bertz CT molecular complexity index is 836. The Morgan fingerprint density at radius 3 is 2.62 bits per heavy atom. The molecule has 0 unspecified atom stereocenters. The molecule has 0 spiro atoms. The minimum Gasteiger partial charge on any atom is -0.464 e. The van der Waals surface area contributed by atoms with E-state index < -0.39 is 0 Å². The molecule has 1 heterocycles. The van der Waals surface area contributed by atoms with Gasteiger partial charge in [-0.05, 0) is 42.2 Å². The van der Waals surface area contributed by atoms with Crippen LogP contribution in [0.4, 0.5) is 4.39 Å². The Labute approximate surface area is 140 Å². The summed E-state index contributed by atoms with van der Waals surface area (Å²) in [5, 5.41) is 3.88. The van der Waals surface area contributed by atoms with Crippen molar-refractivity contribution in [1.29, 1.82) is 0 Å². The first kappa shape index (κ1) is 16.2. The number of aryl methyl sites for hydroxylation is 1. The molecule has 0 fully saturated rings. The third kappa shape index (κ3) is 3.82. The maximum Gasteiger partial charge on any atom is 0.224 e. The predicted octanol–water partition coefficient (Wildman–Crippen LogP) is 4.04. The third-order valence-electron chi connectivity index (χ3n) is 4.13. The smallest absolute Gasteiger partial charge is 0.224 e. The Kier molecular flexibility index (Phi) is 4.94. The predicted molar refractivity (Wildman–Crippen MR) is 92.4 cm³/mol. The molecule has 1 aromatic heterocycles. The molecule has 0 saturated heterocycles. The molecule has 3 rings (SSSR count). The molecule has 2 aromatic carbocycles. The fourth-order valence-electron chi connectivity index (χ4n) is 2.72. The number of fused-ring (bicyclic) bond motifs is 1. The van der Waals surface area contributed by atoms with E-state index in [0.717, 1.165) is 28.5 Å². The zero-order valence-electron chi connectivity index (χ0n) is 13.6. The van der Waals surface area contributed by atoms with Crippen LogP contribution in [0.15, 0.2) is 53.1 Å². The first-order valence-electron chi connectivity index (χ1n) is 8.16. The summed E-state index contributed by atoms with van der Waals surface area (Å²) in [7, 11) is 0. The molecule has 0 saturated carbocycles. The minimum atomic E-state index is -0.249. The topological polar surface area (TPSA) is 42.2 Å². The second kappa shape index (κ2) is 7.30. The van der Waals surface area contributed by atoms with E-state index in [2.05, 4.69) is 18.3 Å². The SMILES string of the molecule is CCc1ccc2c(CC(=O)NCCc3ccc(F)cc3)coc2c1. The van der Waals surface area contributed by atoms with Gasteiger partial charge in [-0.2, -0.15) is 0 Å². The van der Waals surface area contributed by atoms with E-state index in [1.54, 1.807) is 18.4 Å². The van der Waals surface area contributed by atoms with Crippen molar-refractivity contribution in [2.75, 3.05) is 6.54 Å². The van der Waals surface area contributed by atoms with E-state index >= 15 is 0 Å². The zero-order chi connectivity index (χ0) is 16.9. The monoisotopic (exact) mass is 325 g/mol. The van der Waals surface area contributed by atoms with Gasteiger partial charge in [0, 0.05) is 17.5 Å². The van der Waals surface area contributed by atoms with Crippen molar-refractivity contribution in [3.63, 3.8) is 0 Å². The van der Waals surface area contributed by atoms with Gasteiger partial charge < -0.3 is 9.73 Å². The van der Waals surface area contributed by atoms with Crippen molar-refractivity contribution in [1.82, 2.24) is 5.32 Å². The molecule has 0 atom stereocenters. The van der Waals surface area contributed by atoms with Crippen LogP contribution in [-0.2, 0) is 24.1 Å². The standard InChI is InChI=1S/C20H20FNO2/c1-2-14-5-8-18-16(13-24-19(18)11-14)12-20(23)22-10-9-15-3-6-17(21)7-4-15/h3-8,11,13H,2,9-10,12H2,1H3,(H,22,23). The normalized spacial score (nSPS) is 10.9. The van der Waals surface area contributed by atoms with Crippen molar-refractivity contribution in [2.45, 2.75) is 26.2 Å². The van der Waals surface area contributed by atoms with Crippen LogP contribution in [0.3, 0.4) is 0 Å². The molecule has 1 amide bonds. The summed E-state index contributed by atoms with van der Waals surface area (Å²) >= 11 is 0. The maximum atomic E-state index is 12.8. The third-order valence-corrected chi connectivity index (χ3v) is 4.13. The first-order valence-corrected chi connectivity index (χ1v) is 8.16. The highest BCUT2D eigenvalue weighted by Crippen LogP contribution is 2.23. The number of carbonyl (C=O) groups is 1. The molecule has 0 aliphatic carbocycles. The van der Waals surface area contributed by atoms with Gasteiger partial charge in [0.25, 0.3) is 0 Å². The van der Waals surface area contributed by atoms with Gasteiger partial charge in [-0.1, -0.05) is 31.2 Å². The fraction of sp³-hybridized carbons (Fsp3) is 0.250. The Morgan fingerprint density at radius 2 is 1.88 bits per heavy atom. The van der Waals surface area contributed by atoms with Crippen LogP contribution >= 0.6 is 0 Å². The van der Waals surface area contributed by atoms with Crippen LogP contribution in [0.5, 0.6) is 0 Å². The molecule has 124 valence electrons. The number of furan rings is 1. The molecular formula is C20H20FNO2. The van der Waals surface area contributed by atoms with Gasteiger partial charge in [0.2, 0.25) is 5.91 Å². The largest absolute Gasteiger partial charge is 0.464 e. The summed E-state index contributed by atoms with van der Waals surface area (Å²) in [6.45, 7) is 2.62. The Morgan fingerprint density at radius 1 is 1.12 bits per heavy atom. The van der Waals surface area contributed by atoms with Gasteiger partial charge in [-0.3, -0.25) is 4.79 Å². The number of benzene rings is 2. The minimum absolute atomic E-state index is 0.0422. The number of halogens is 1. The molecule has 4 heteroatoms. The number of amides is 1. The average Bonchev–Trinajstić information content (AvgIpc) is 2.98. The zero-order valence-corrected chi connectivity index (χ0v) is 13.6. The Hall–Kier alpha value is -2.62. The van der Waals surface area contributed by atoms with Crippen LogP contribution < -0.4 is 5.32 Å². The molecule has 1 N–H and O–H groups in total. The van der Waals surface area contributed by atoms with Crippen molar-refractivity contribution < 1.29 is 13.6 Å². The summed E-state index contributed by atoms with van der Waals surface area (Å²) in [4.78, 5) is 12.1. The van der Waals surface area contributed by atoms with Crippen LogP contribution in [-0.4, -0.2) is 12.5 Å². The van der Waals surface area contributed by atoms with Gasteiger partial charge >= 0.3 is 0 Å². The van der Waals surface area contributed by atoms with Crippen molar-refractivity contribution in [3.8, 4) is 0 Å². The van der Waals surface area contributed by atoms with E-state index in [-0.39, 0.29) is 11.7 Å². The van der Waals surface area contributed by atoms with Gasteiger partial charge in [-0.25, -0.2) is 4.39 Å². The van der Waals surface area contributed by atoms with Gasteiger partial charge in [0.15, 0.2) is 0 Å². The van der Waals surface area contributed by atoms with Crippen molar-refractivity contribution in [3.05, 3.63) is 71.2 Å². The second-order valence-corrected chi connectivity index (χ2v) is 5.85. The highest BCUT2D eigenvalue weighted by molar-refractivity contribution is 5.87. The van der Waals surface area contributed by atoms with E-state index in [9.17, 15) is 9.18 Å². The summed E-state index contributed by atoms with van der Waals surface area (Å²) in [5.41, 5.74) is 3.93. The lowest BCUT2D eigenvalue weighted by atomic mass is 10.1. The number of hydrogen-bond donors (Lipinski definition) is 1. The van der Waals surface area contributed by atoms with E-state index in [1.807, 2.05) is 12.1 Å². The molecule has 0 aliphatic heterocycles.